The SMILES string of the molecule is CCOC(=O)CCC(=O)Nc1ccc(-c2ccc(NC(=O)CCC(=O)OCC)c(C)c2)cc1C. The minimum absolute atomic E-state index is 0.0434. The average Bonchev–Trinajstić information content (AvgIpc) is 2.79. The number of ether oxygens (including phenoxy) is 2. The summed E-state index contributed by atoms with van der Waals surface area (Å²) in [6.45, 7) is 7.84. The van der Waals surface area contributed by atoms with Crippen LogP contribution in [0, 0.1) is 13.8 Å². The van der Waals surface area contributed by atoms with Gasteiger partial charge in [0, 0.05) is 24.2 Å². The van der Waals surface area contributed by atoms with Gasteiger partial charge in [-0.05, 0) is 74.2 Å². The molecule has 0 bridgehead atoms. The number of aryl methyl sites for hydroxylation is 2. The Labute approximate surface area is 200 Å². The summed E-state index contributed by atoms with van der Waals surface area (Å²) in [6, 6.07) is 11.4. The van der Waals surface area contributed by atoms with Crippen molar-refractivity contribution in [1.29, 1.82) is 0 Å². The first-order valence-electron chi connectivity index (χ1n) is 11.4. The molecule has 0 spiro atoms. The first-order chi connectivity index (χ1) is 16.2. The molecule has 0 heterocycles. The highest BCUT2D eigenvalue weighted by atomic mass is 16.5. The molecular formula is C26H32N2O6. The van der Waals surface area contributed by atoms with Gasteiger partial charge in [0.2, 0.25) is 11.8 Å². The monoisotopic (exact) mass is 468 g/mol. The molecule has 0 aliphatic rings. The average molecular weight is 469 g/mol. The fourth-order valence-electron chi connectivity index (χ4n) is 3.29. The largest absolute Gasteiger partial charge is 0.466 e. The summed E-state index contributed by atoms with van der Waals surface area (Å²) in [5.74, 6) is -1.27. The van der Waals surface area contributed by atoms with Crippen molar-refractivity contribution in [2.24, 2.45) is 0 Å². The van der Waals surface area contributed by atoms with Crippen LogP contribution in [0.2, 0.25) is 0 Å². The Hall–Kier alpha value is -3.68. The molecule has 182 valence electrons. The van der Waals surface area contributed by atoms with Crippen LogP contribution in [-0.4, -0.2) is 37.0 Å². The second kappa shape index (κ2) is 13.1. The maximum absolute atomic E-state index is 12.1. The standard InChI is InChI=1S/C26H32N2O6/c1-5-33-25(31)13-11-23(29)27-21-9-7-19(15-17(21)3)20-8-10-22(18(4)16-20)28-24(30)12-14-26(32)34-6-2/h7-10,15-16H,5-6,11-14H2,1-4H3,(H,27,29)(H,28,30). The van der Waals surface area contributed by atoms with E-state index in [1.54, 1.807) is 13.8 Å². The fraction of sp³-hybridized carbons (Fsp3) is 0.385. The van der Waals surface area contributed by atoms with Crippen LogP contribution in [0.5, 0.6) is 0 Å². The Balaban J connectivity index is 1.99. The molecule has 0 unspecified atom stereocenters. The summed E-state index contributed by atoms with van der Waals surface area (Å²) in [7, 11) is 0. The zero-order valence-electron chi connectivity index (χ0n) is 20.2. The van der Waals surface area contributed by atoms with Gasteiger partial charge < -0.3 is 20.1 Å². The minimum Gasteiger partial charge on any atom is -0.466 e. The molecule has 2 aromatic carbocycles. The second-order valence-corrected chi connectivity index (χ2v) is 7.77. The first kappa shape index (κ1) is 26.6. The van der Waals surface area contributed by atoms with E-state index >= 15 is 0 Å². The third-order valence-corrected chi connectivity index (χ3v) is 5.06. The van der Waals surface area contributed by atoms with Gasteiger partial charge in [0.15, 0.2) is 0 Å². The molecule has 8 nitrogen and oxygen atoms in total. The van der Waals surface area contributed by atoms with Crippen LogP contribution in [0.4, 0.5) is 11.4 Å². The van der Waals surface area contributed by atoms with Crippen molar-refractivity contribution < 1.29 is 28.7 Å². The third kappa shape index (κ3) is 8.35. The van der Waals surface area contributed by atoms with E-state index < -0.39 is 11.9 Å². The highest BCUT2D eigenvalue weighted by Crippen LogP contribution is 2.28. The van der Waals surface area contributed by atoms with E-state index in [1.807, 2.05) is 50.2 Å². The highest BCUT2D eigenvalue weighted by Gasteiger charge is 2.12. The fourth-order valence-corrected chi connectivity index (χ4v) is 3.29. The molecule has 0 aliphatic heterocycles. The Morgan fingerprint density at radius 3 is 1.35 bits per heavy atom. The van der Waals surface area contributed by atoms with E-state index in [-0.39, 0.29) is 37.5 Å². The molecule has 2 rings (SSSR count). The summed E-state index contributed by atoms with van der Waals surface area (Å²) in [5, 5.41) is 5.66. The van der Waals surface area contributed by atoms with E-state index in [2.05, 4.69) is 10.6 Å². The lowest BCUT2D eigenvalue weighted by Gasteiger charge is -2.13. The molecule has 0 atom stereocenters. The number of esters is 2. The maximum Gasteiger partial charge on any atom is 0.306 e. The van der Waals surface area contributed by atoms with E-state index in [9.17, 15) is 19.2 Å². The van der Waals surface area contributed by atoms with Crippen LogP contribution in [-0.2, 0) is 28.7 Å². The number of carbonyl (C=O) groups is 4. The molecule has 2 N–H and O–H groups in total. The number of anilines is 2. The van der Waals surface area contributed by atoms with E-state index in [0.29, 0.717) is 24.6 Å². The molecule has 0 saturated carbocycles. The quantitative estimate of drug-likeness (QED) is 0.469. The van der Waals surface area contributed by atoms with Crippen molar-refractivity contribution in [2.45, 2.75) is 53.4 Å². The van der Waals surface area contributed by atoms with Crippen LogP contribution in [0.15, 0.2) is 36.4 Å². The smallest absolute Gasteiger partial charge is 0.306 e. The van der Waals surface area contributed by atoms with Crippen LogP contribution in [0.25, 0.3) is 11.1 Å². The van der Waals surface area contributed by atoms with Crippen molar-refractivity contribution in [3.05, 3.63) is 47.5 Å². The van der Waals surface area contributed by atoms with Crippen molar-refractivity contribution in [3.8, 4) is 11.1 Å². The van der Waals surface area contributed by atoms with Gasteiger partial charge in [-0.1, -0.05) is 12.1 Å². The number of hydrogen-bond donors (Lipinski definition) is 2. The van der Waals surface area contributed by atoms with Crippen LogP contribution >= 0.6 is 0 Å². The van der Waals surface area contributed by atoms with Gasteiger partial charge in [-0.25, -0.2) is 0 Å². The number of amides is 2. The van der Waals surface area contributed by atoms with Gasteiger partial charge in [-0.15, -0.1) is 0 Å². The topological polar surface area (TPSA) is 111 Å². The highest BCUT2D eigenvalue weighted by molar-refractivity contribution is 5.94. The molecule has 0 aromatic heterocycles. The van der Waals surface area contributed by atoms with Gasteiger partial charge in [-0.3, -0.25) is 19.2 Å². The molecule has 2 aromatic rings. The lowest BCUT2D eigenvalue weighted by Crippen LogP contribution is -2.15. The Morgan fingerprint density at radius 1 is 0.647 bits per heavy atom. The van der Waals surface area contributed by atoms with Gasteiger partial charge >= 0.3 is 11.9 Å². The van der Waals surface area contributed by atoms with Crippen molar-refractivity contribution >= 4 is 35.1 Å². The summed E-state index contributed by atoms with van der Waals surface area (Å²) < 4.78 is 9.68. The zero-order valence-corrected chi connectivity index (χ0v) is 20.2. The second-order valence-electron chi connectivity index (χ2n) is 7.77. The summed E-state index contributed by atoms with van der Waals surface area (Å²) in [4.78, 5) is 47.1. The third-order valence-electron chi connectivity index (χ3n) is 5.06. The molecular weight excluding hydrogens is 436 g/mol. The lowest BCUT2D eigenvalue weighted by atomic mass is 9.99. The molecule has 0 fully saturated rings. The predicted octanol–water partition coefficient (Wildman–Crippen LogP) is 4.53. The molecule has 34 heavy (non-hydrogen) atoms. The van der Waals surface area contributed by atoms with Crippen molar-refractivity contribution in [2.75, 3.05) is 23.8 Å². The molecule has 8 heteroatoms. The van der Waals surface area contributed by atoms with E-state index in [0.717, 1.165) is 22.3 Å². The van der Waals surface area contributed by atoms with Crippen LogP contribution in [0.3, 0.4) is 0 Å². The molecule has 0 saturated heterocycles. The van der Waals surface area contributed by atoms with E-state index in [4.69, 9.17) is 9.47 Å². The Bertz CT molecular complexity index is 964. The Morgan fingerprint density at radius 2 is 1.03 bits per heavy atom. The van der Waals surface area contributed by atoms with Crippen molar-refractivity contribution in [3.63, 3.8) is 0 Å². The van der Waals surface area contributed by atoms with Crippen molar-refractivity contribution in [1.82, 2.24) is 0 Å². The van der Waals surface area contributed by atoms with Gasteiger partial charge in [-0.2, -0.15) is 0 Å². The molecule has 0 radical (unpaired) electrons. The summed E-state index contributed by atoms with van der Waals surface area (Å²) in [5.41, 5.74) is 5.06. The number of nitrogens with one attached hydrogen (secondary N) is 2. The first-order valence-corrected chi connectivity index (χ1v) is 11.4. The Kier molecular flexibility index (Phi) is 10.3. The molecule has 0 aliphatic carbocycles. The zero-order chi connectivity index (χ0) is 25.1. The van der Waals surface area contributed by atoms with Gasteiger partial charge in [0.05, 0.1) is 26.1 Å². The lowest BCUT2D eigenvalue weighted by molar-refractivity contribution is -0.144. The van der Waals surface area contributed by atoms with Crippen LogP contribution in [0.1, 0.15) is 50.7 Å². The van der Waals surface area contributed by atoms with Crippen LogP contribution < -0.4 is 10.6 Å². The number of benzene rings is 2. The van der Waals surface area contributed by atoms with Gasteiger partial charge in [0.25, 0.3) is 0 Å². The number of hydrogen-bond acceptors (Lipinski definition) is 6. The van der Waals surface area contributed by atoms with Gasteiger partial charge in [0.1, 0.15) is 0 Å². The molecule has 2 amide bonds. The normalized spacial score (nSPS) is 10.4. The number of carbonyl (C=O) groups excluding carboxylic acids is 4. The number of rotatable bonds is 11. The maximum atomic E-state index is 12.1. The predicted molar refractivity (Wildman–Crippen MR) is 130 cm³/mol. The summed E-state index contributed by atoms with van der Waals surface area (Å²) >= 11 is 0. The minimum atomic E-state index is -0.390. The summed E-state index contributed by atoms with van der Waals surface area (Å²) in [6.07, 6.45) is 0.210. The van der Waals surface area contributed by atoms with E-state index in [1.165, 1.54) is 0 Å².